The van der Waals surface area contributed by atoms with Gasteiger partial charge in [-0.2, -0.15) is 0 Å². The summed E-state index contributed by atoms with van der Waals surface area (Å²) in [4.78, 5) is 0. The van der Waals surface area contributed by atoms with Gasteiger partial charge in [0.1, 0.15) is 6.61 Å². The molecule has 2 aromatic carbocycles. The van der Waals surface area contributed by atoms with E-state index in [9.17, 15) is 4.39 Å². The fourth-order valence-corrected chi connectivity index (χ4v) is 1.96. The number of hydrogen-bond donors (Lipinski definition) is 2. The third-order valence-corrected chi connectivity index (χ3v) is 3.16. The van der Waals surface area contributed by atoms with Crippen LogP contribution in [0.3, 0.4) is 0 Å². The fourth-order valence-electron chi connectivity index (χ4n) is 1.96. The number of nitrogens with two attached hydrogens (primary N) is 2. The first-order chi connectivity index (χ1) is 10.2. The molecule has 0 aliphatic carbocycles. The van der Waals surface area contributed by atoms with Gasteiger partial charge >= 0.3 is 0 Å². The zero-order valence-corrected chi connectivity index (χ0v) is 11.9. The highest BCUT2D eigenvalue weighted by molar-refractivity contribution is 5.45. The summed E-state index contributed by atoms with van der Waals surface area (Å²) in [6.07, 6.45) is 0. The Morgan fingerprint density at radius 2 is 1.90 bits per heavy atom. The molecule has 2 rings (SSSR count). The highest BCUT2D eigenvalue weighted by Gasteiger charge is 2.16. The third kappa shape index (κ3) is 3.71. The maximum Gasteiger partial charge on any atom is 0.197 e. The first-order valence-electron chi connectivity index (χ1n) is 6.65. The van der Waals surface area contributed by atoms with Crippen molar-refractivity contribution in [3.05, 3.63) is 59.4 Å². The molecular weight excluding hydrogens is 271 g/mol. The average Bonchev–Trinajstić information content (AvgIpc) is 2.53. The SMILES string of the molecule is COc1cc(C(N)CN)cc(F)c1OCc1ccccc1. The van der Waals surface area contributed by atoms with E-state index >= 15 is 0 Å². The van der Waals surface area contributed by atoms with Crippen LogP contribution in [-0.4, -0.2) is 13.7 Å². The second kappa shape index (κ2) is 7.06. The summed E-state index contributed by atoms with van der Waals surface area (Å²) < 4.78 is 24.9. The quantitative estimate of drug-likeness (QED) is 0.857. The summed E-state index contributed by atoms with van der Waals surface area (Å²) in [5.41, 5.74) is 12.8. The summed E-state index contributed by atoms with van der Waals surface area (Å²) in [7, 11) is 1.46. The van der Waals surface area contributed by atoms with Crippen molar-refractivity contribution in [2.75, 3.05) is 13.7 Å². The largest absolute Gasteiger partial charge is 0.493 e. The van der Waals surface area contributed by atoms with Crippen LogP contribution in [0.5, 0.6) is 11.5 Å². The van der Waals surface area contributed by atoms with Crippen LogP contribution >= 0.6 is 0 Å². The molecule has 4 nitrogen and oxygen atoms in total. The molecule has 0 bridgehead atoms. The maximum absolute atomic E-state index is 14.2. The van der Waals surface area contributed by atoms with Gasteiger partial charge in [0.2, 0.25) is 0 Å². The van der Waals surface area contributed by atoms with Crippen LogP contribution in [0.15, 0.2) is 42.5 Å². The average molecular weight is 290 g/mol. The van der Waals surface area contributed by atoms with Crippen molar-refractivity contribution in [2.45, 2.75) is 12.6 Å². The number of benzene rings is 2. The standard InChI is InChI=1S/C16H19FN2O2/c1-20-15-8-12(14(19)9-18)7-13(17)16(15)21-10-11-5-3-2-4-6-11/h2-8,14H,9-10,18-19H2,1H3. The van der Waals surface area contributed by atoms with Crippen LogP contribution in [-0.2, 0) is 6.61 Å². The Hall–Kier alpha value is -2.11. The second-order valence-electron chi connectivity index (χ2n) is 4.65. The molecule has 0 aliphatic rings. The highest BCUT2D eigenvalue weighted by Crippen LogP contribution is 2.33. The molecule has 1 atom stereocenters. The van der Waals surface area contributed by atoms with Crippen molar-refractivity contribution >= 4 is 0 Å². The van der Waals surface area contributed by atoms with Crippen molar-refractivity contribution in [3.63, 3.8) is 0 Å². The second-order valence-corrected chi connectivity index (χ2v) is 4.65. The molecule has 5 heteroatoms. The van der Waals surface area contributed by atoms with Crippen LogP contribution in [0.1, 0.15) is 17.2 Å². The Balaban J connectivity index is 2.22. The summed E-state index contributed by atoms with van der Waals surface area (Å²) in [6, 6.07) is 12.1. The van der Waals surface area contributed by atoms with Gasteiger partial charge in [-0.15, -0.1) is 0 Å². The topological polar surface area (TPSA) is 70.5 Å². The van der Waals surface area contributed by atoms with Crippen LogP contribution < -0.4 is 20.9 Å². The minimum absolute atomic E-state index is 0.0781. The van der Waals surface area contributed by atoms with E-state index in [0.29, 0.717) is 11.3 Å². The van der Waals surface area contributed by atoms with E-state index in [-0.39, 0.29) is 18.9 Å². The summed E-state index contributed by atoms with van der Waals surface area (Å²) in [5.74, 6) is -0.122. The van der Waals surface area contributed by atoms with Gasteiger partial charge in [-0.25, -0.2) is 4.39 Å². The molecule has 1 unspecified atom stereocenters. The Labute approximate surface area is 123 Å². The Morgan fingerprint density at radius 3 is 2.52 bits per heavy atom. The molecule has 21 heavy (non-hydrogen) atoms. The zero-order valence-electron chi connectivity index (χ0n) is 11.9. The lowest BCUT2D eigenvalue weighted by atomic mass is 10.1. The normalized spacial score (nSPS) is 12.0. The lowest BCUT2D eigenvalue weighted by Crippen LogP contribution is -2.21. The highest BCUT2D eigenvalue weighted by atomic mass is 19.1. The molecule has 4 N–H and O–H groups in total. The van der Waals surface area contributed by atoms with Gasteiger partial charge in [0.05, 0.1) is 7.11 Å². The van der Waals surface area contributed by atoms with Crippen molar-refractivity contribution in [1.29, 1.82) is 0 Å². The molecule has 112 valence electrons. The molecular formula is C16H19FN2O2. The lowest BCUT2D eigenvalue weighted by molar-refractivity contribution is 0.269. The van der Waals surface area contributed by atoms with Gasteiger partial charge in [-0.3, -0.25) is 0 Å². The van der Waals surface area contributed by atoms with Gasteiger partial charge in [0.15, 0.2) is 17.3 Å². The molecule has 2 aromatic rings. The van der Waals surface area contributed by atoms with Crippen molar-refractivity contribution < 1.29 is 13.9 Å². The van der Waals surface area contributed by atoms with E-state index < -0.39 is 11.9 Å². The van der Waals surface area contributed by atoms with Gasteiger partial charge in [-0.05, 0) is 23.3 Å². The fraction of sp³-hybridized carbons (Fsp3) is 0.250. The maximum atomic E-state index is 14.2. The van der Waals surface area contributed by atoms with Crippen LogP contribution in [0.25, 0.3) is 0 Å². The number of hydrogen-bond acceptors (Lipinski definition) is 4. The van der Waals surface area contributed by atoms with Gasteiger partial charge in [-0.1, -0.05) is 30.3 Å². The number of halogens is 1. The monoisotopic (exact) mass is 290 g/mol. The Kier molecular flexibility index (Phi) is 5.14. The van der Waals surface area contributed by atoms with Crippen molar-refractivity contribution in [1.82, 2.24) is 0 Å². The molecule has 0 saturated carbocycles. The number of methoxy groups -OCH3 is 1. The predicted octanol–water partition coefficient (Wildman–Crippen LogP) is 2.37. The molecule has 0 heterocycles. The predicted molar refractivity (Wildman–Crippen MR) is 79.7 cm³/mol. The smallest absolute Gasteiger partial charge is 0.197 e. The first kappa shape index (κ1) is 15.3. The lowest BCUT2D eigenvalue weighted by Gasteiger charge is -2.16. The van der Waals surface area contributed by atoms with Gasteiger partial charge in [0.25, 0.3) is 0 Å². The van der Waals surface area contributed by atoms with Crippen LogP contribution in [0.4, 0.5) is 4.39 Å². The first-order valence-corrected chi connectivity index (χ1v) is 6.65. The van der Waals surface area contributed by atoms with Crippen molar-refractivity contribution in [3.8, 4) is 11.5 Å². The molecule has 0 aromatic heterocycles. The van der Waals surface area contributed by atoms with E-state index in [1.807, 2.05) is 30.3 Å². The number of rotatable bonds is 6. The van der Waals surface area contributed by atoms with Gasteiger partial charge in [0, 0.05) is 12.6 Å². The molecule has 0 fully saturated rings. The van der Waals surface area contributed by atoms with Gasteiger partial charge < -0.3 is 20.9 Å². The van der Waals surface area contributed by atoms with Crippen LogP contribution in [0.2, 0.25) is 0 Å². The van der Waals surface area contributed by atoms with E-state index in [2.05, 4.69) is 0 Å². The number of ether oxygens (including phenoxy) is 2. The molecule has 0 aliphatic heterocycles. The summed E-state index contributed by atoms with van der Waals surface area (Å²) in [5, 5.41) is 0. The van der Waals surface area contributed by atoms with E-state index in [1.165, 1.54) is 13.2 Å². The molecule has 0 radical (unpaired) electrons. The van der Waals surface area contributed by atoms with Crippen molar-refractivity contribution in [2.24, 2.45) is 11.5 Å². The molecule has 0 saturated heterocycles. The van der Waals surface area contributed by atoms with E-state index in [0.717, 1.165) is 5.56 Å². The summed E-state index contributed by atoms with van der Waals surface area (Å²) in [6.45, 7) is 0.489. The summed E-state index contributed by atoms with van der Waals surface area (Å²) >= 11 is 0. The minimum Gasteiger partial charge on any atom is -0.493 e. The Bertz CT molecular complexity index is 590. The van der Waals surface area contributed by atoms with Crippen LogP contribution in [0, 0.1) is 5.82 Å². The zero-order chi connectivity index (χ0) is 15.2. The van der Waals surface area contributed by atoms with E-state index in [1.54, 1.807) is 6.07 Å². The van der Waals surface area contributed by atoms with E-state index in [4.69, 9.17) is 20.9 Å². The third-order valence-electron chi connectivity index (χ3n) is 3.16. The molecule has 0 spiro atoms. The minimum atomic E-state index is -0.510. The Morgan fingerprint density at radius 1 is 1.19 bits per heavy atom. The molecule has 0 amide bonds.